The molecule has 0 aliphatic heterocycles. The van der Waals surface area contributed by atoms with Crippen molar-refractivity contribution in [3.05, 3.63) is 0 Å². The summed E-state index contributed by atoms with van der Waals surface area (Å²) in [4.78, 5) is 0. The van der Waals surface area contributed by atoms with E-state index < -0.39 is 16.4 Å². The van der Waals surface area contributed by atoms with E-state index in [2.05, 4.69) is 4.74 Å². The number of hydrogen-bond donors (Lipinski definition) is 0. The van der Waals surface area contributed by atoms with Gasteiger partial charge in [0.05, 0.1) is 0 Å². The van der Waals surface area contributed by atoms with Crippen LogP contribution in [-0.4, -0.2) is 16.4 Å². The SMILES string of the molecule is FC(F)(F)OC(F)(I)C(F)(F)F. The molecule has 0 radical (unpaired) electrons. The maximum absolute atomic E-state index is 12.0. The van der Waals surface area contributed by atoms with Crippen LogP contribution in [0.15, 0.2) is 0 Å². The molecular formula is C3F7IO. The highest BCUT2D eigenvalue weighted by Crippen LogP contribution is 2.44. The van der Waals surface area contributed by atoms with Crippen LogP contribution >= 0.6 is 22.6 Å². The average Bonchev–Trinajstić information content (AvgIpc) is 1.52. The summed E-state index contributed by atoms with van der Waals surface area (Å²) >= 11 is -0.126. The van der Waals surface area contributed by atoms with E-state index in [1.807, 2.05) is 0 Å². The quantitative estimate of drug-likeness (QED) is 0.411. The zero-order chi connectivity index (χ0) is 10.2. The molecule has 0 N–H and O–H groups in total. The first-order chi connectivity index (χ1) is 4.96. The predicted octanol–water partition coefficient (Wildman–Crippen LogP) is 3.14. The van der Waals surface area contributed by atoms with E-state index in [-0.39, 0.29) is 22.6 Å². The molecule has 0 fully saturated rings. The van der Waals surface area contributed by atoms with Crippen molar-refractivity contribution >= 4 is 22.6 Å². The molecular weight excluding hydrogens is 312 g/mol. The lowest BCUT2D eigenvalue weighted by Crippen LogP contribution is -2.41. The maximum atomic E-state index is 12.0. The monoisotopic (exact) mass is 312 g/mol. The molecule has 1 unspecified atom stereocenters. The smallest absolute Gasteiger partial charge is 0.237 e. The van der Waals surface area contributed by atoms with Gasteiger partial charge in [-0.25, -0.2) is 4.74 Å². The fourth-order valence-corrected chi connectivity index (χ4v) is 0.453. The zero-order valence-corrected chi connectivity index (χ0v) is 7.09. The van der Waals surface area contributed by atoms with Gasteiger partial charge in [0.2, 0.25) is 0 Å². The van der Waals surface area contributed by atoms with Gasteiger partial charge in [0.1, 0.15) is 0 Å². The fourth-order valence-electron chi connectivity index (χ4n) is 0.203. The normalized spacial score (nSPS) is 19.0. The van der Waals surface area contributed by atoms with Crippen molar-refractivity contribution in [3.8, 4) is 0 Å². The Kier molecular flexibility index (Phi) is 3.21. The Morgan fingerprint density at radius 2 is 1.17 bits per heavy atom. The Hall–Kier alpha value is 0.200. The molecule has 0 aromatic rings. The van der Waals surface area contributed by atoms with Gasteiger partial charge in [-0.2, -0.15) is 17.6 Å². The van der Waals surface area contributed by atoms with Gasteiger partial charge >= 0.3 is 16.4 Å². The number of halogens is 8. The molecule has 0 bridgehead atoms. The summed E-state index contributed by atoms with van der Waals surface area (Å²) in [6.45, 7) is 0. The van der Waals surface area contributed by atoms with E-state index >= 15 is 0 Å². The Labute approximate surface area is 75.0 Å². The summed E-state index contributed by atoms with van der Waals surface area (Å²) in [6, 6.07) is 0. The molecule has 0 saturated carbocycles. The molecule has 1 nitrogen and oxygen atoms in total. The van der Waals surface area contributed by atoms with Crippen molar-refractivity contribution < 1.29 is 35.5 Å². The molecule has 0 aliphatic carbocycles. The average molecular weight is 312 g/mol. The lowest BCUT2D eigenvalue weighted by atomic mass is 10.7. The lowest BCUT2D eigenvalue weighted by Gasteiger charge is -2.22. The summed E-state index contributed by atoms with van der Waals surface area (Å²) in [5.41, 5.74) is 0. The summed E-state index contributed by atoms with van der Waals surface area (Å²) in [7, 11) is 0. The lowest BCUT2D eigenvalue weighted by molar-refractivity contribution is -0.410. The molecule has 9 heteroatoms. The van der Waals surface area contributed by atoms with Crippen LogP contribution in [0, 0.1) is 0 Å². The van der Waals surface area contributed by atoms with Gasteiger partial charge in [0, 0.05) is 22.6 Å². The van der Waals surface area contributed by atoms with Gasteiger partial charge in [-0.3, -0.25) is 0 Å². The van der Waals surface area contributed by atoms with Gasteiger partial charge in [0.25, 0.3) is 0 Å². The van der Waals surface area contributed by atoms with Crippen molar-refractivity contribution in [1.29, 1.82) is 0 Å². The van der Waals surface area contributed by atoms with Crippen LogP contribution < -0.4 is 0 Å². The van der Waals surface area contributed by atoms with Crippen molar-refractivity contribution in [2.24, 2.45) is 0 Å². The van der Waals surface area contributed by atoms with Crippen LogP contribution in [0.25, 0.3) is 0 Å². The van der Waals surface area contributed by atoms with Crippen LogP contribution in [0.4, 0.5) is 30.7 Å². The highest BCUT2D eigenvalue weighted by atomic mass is 127. The molecule has 0 spiro atoms. The Morgan fingerprint density at radius 3 is 1.25 bits per heavy atom. The van der Waals surface area contributed by atoms with E-state index in [0.717, 1.165) is 0 Å². The zero-order valence-electron chi connectivity index (χ0n) is 4.93. The van der Waals surface area contributed by atoms with Crippen LogP contribution in [0.3, 0.4) is 0 Å². The molecule has 0 heterocycles. The maximum Gasteiger partial charge on any atom is 0.526 e. The Bertz CT molecular complexity index is 157. The highest BCUT2D eigenvalue weighted by Gasteiger charge is 2.61. The second-order valence-electron chi connectivity index (χ2n) is 1.56. The number of alkyl halides is 8. The summed E-state index contributed by atoms with van der Waals surface area (Å²) in [5.74, 6) is 0. The number of hydrogen-bond acceptors (Lipinski definition) is 1. The van der Waals surface area contributed by atoms with Crippen LogP contribution in [0.2, 0.25) is 0 Å². The Morgan fingerprint density at radius 1 is 0.833 bits per heavy atom. The highest BCUT2D eigenvalue weighted by molar-refractivity contribution is 14.1. The van der Waals surface area contributed by atoms with Crippen molar-refractivity contribution in [3.63, 3.8) is 0 Å². The minimum Gasteiger partial charge on any atom is -0.237 e. The van der Waals surface area contributed by atoms with Gasteiger partial charge in [-0.05, 0) is 0 Å². The number of rotatable bonds is 1. The van der Waals surface area contributed by atoms with E-state index in [1.165, 1.54) is 0 Å². The summed E-state index contributed by atoms with van der Waals surface area (Å²) in [6.07, 6.45) is -11.4. The molecule has 0 aromatic heterocycles. The topological polar surface area (TPSA) is 9.23 Å². The van der Waals surface area contributed by atoms with E-state index in [9.17, 15) is 30.7 Å². The fraction of sp³-hybridized carbons (Fsp3) is 1.00. The van der Waals surface area contributed by atoms with Gasteiger partial charge in [-0.15, -0.1) is 13.2 Å². The first-order valence-electron chi connectivity index (χ1n) is 2.17. The first-order valence-corrected chi connectivity index (χ1v) is 3.25. The third kappa shape index (κ3) is 3.74. The molecule has 74 valence electrons. The van der Waals surface area contributed by atoms with E-state index in [4.69, 9.17) is 0 Å². The number of ether oxygens (including phenoxy) is 1. The molecule has 0 amide bonds. The standard InChI is InChI=1S/C3F7IO/c4-1(5,6)2(7,11)12-3(8,9)10. The third-order valence-electron chi connectivity index (χ3n) is 0.574. The van der Waals surface area contributed by atoms with Crippen LogP contribution in [0.1, 0.15) is 0 Å². The second kappa shape index (κ2) is 3.16. The van der Waals surface area contributed by atoms with Crippen molar-refractivity contribution in [2.45, 2.75) is 16.4 Å². The summed E-state index contributed by atoms with van der Waals surface area (Å²) in [5, 5.41) is 0. The molecule has 0 aromatic carbocycles. The minimum absolute atomic E-state index is 0.126. The summed E-state index contributed by atoms with van der Waals surface area (Å²) < 4.78 is 76.9. The molecule has 0 saturated heterocycles. The van der Waals surface area contributed by atoms with E-state index in [0.29, 0.717) is 0 Å². The van der Waals surface area contributed by atoms with Crippen LogP contribution in [-0.2, 0) is 4.74 Å². The van der Waals surface area contributed by atoms with Crippen molar-refractivity contribution in [1.82, 2.24) is 0 Å². The molecule has 1 atom stereocenters. The third-order valence-corrected chi connectivity index (χ3v) is 1.41. The first kappa shape index (κ1) is 12.2. The predicted molar refractivity (Wildman–Crippen MR) is 31.1 cm³/mol. The molecule has 12 heavy (non-hydrogen) atoms. The minimum atomic E-state index is -5.72. The molecule has 0 rings (SSSR count). The van der Waals surface area contributed by atoms with Crippen LogP contribution in [0.5, 0.6) is 0 Å². The van der Waals surface area contributed by atoms with E-state index in [1.54, 1.807) is 0 Å². The Balaban J connectivity index is 4.44. The van der Waals surface area contributed by atoms with Gasteiger partial charge in [0.15, 0.2) is 0 Å². The van der Waals surface area contributed by atoms with Gasteiger partial charge < -0.3 is 0 Å². The van der Waals surface area contributed by atoms with Gasteiger partial charge in [-0.1, -0.05) is 0 Å². The molecule has 0 aliphatic rings. The second-order valence-corrected chi connectivity index (χ2v) is 2.95. The largest absolute Gasteiger partial charge is 0.526 e. The van der Waals surface area contributed by atoms with Crippen molar-refractivity contribution in [2.75, 3.05) is 0 Å².